The molecule has 18 heavy (non-hydrogen) atoms. The van der Waals surface area contributed by atoms with Crippen molar-refractivity contribution in [2.45, 2.75) is 51.5 Å². The van der Waals surface area contributed by atoms with Crippen LogP contribution in [0.3, 0.4) is 0 Å². The molecule has 2 fully saturated rings. The predicted molar refractivity (Wildman–Crippen MR) is 75.6 cm³/mol. The van der Waals surface area contributed by atoms with Gasteiger partial charge in [-0.05, 0) is 37.1 Å². The molecular weight excluding hydrogens is 224 g/mol. The van der Waals surface area contributed by atoms with E-state index in [1.165, 1.54) is 45.2 Å². The molecule has 1 aliphatic carbocycles. The van der Waals surface area contributed by atoms with Crippen molar-refractivity contribution in [2.24, 2.45) is 17.1 Å². The second-order valence-corrected chi connectivity index (χ2v) is 6.88. The molecule has 0 bridgehead atoms. The first-order valence-electron chi connectivity index (χ1n) is 7.50. The highest BCUT2D eigenvalue weighted by molar-refractivity contribution is 5.06. The Labute approximate surface area is 112 Å². The van der Waals surface area contributed by atoms with Crippen molar-refractivity contribution in [1.29, 1.82) is 0 Å². The Morgan fingerprint density at radius 1 is 1.28 bits per heavy atom. The maximum absolute atomic E-state index is 6.24. The van der Waals surface area contributed by atoms with Gasteiger partial charge in [-0.25, -0.2) is 0 Å². The van der Waals surface area contributed by atoms with E-state index in [2.05, 4.69) is 18.7 Å². The van der Waals surface area contributed by atoms with Gasteiger partial charge < -0.3 is 10.5 Å². The van der Waals surface area contributed by atoms with Crippen LogP contribution in [0.25, 0.3) is 0 Å². The van der Waals surface area contributed by atoms with E-state index in [0.717, 1.165) is 13.2 Å². The van der Waals surface area contributed by atoms with E-state index in [0.29, 0.717) is 11.3 Å². The van der Waals surface area contributed by atoms with Crippen LogP contribution in [0.15, 0.2) is 0 Å². The summed E-state index contributed by atoms with van der Waals surface area (Å²) in [6, 6.07) is 0. The van der Waals surface area contributed by atoms with Gasteiger partial charge >= 0.3 is 0 Å². The van der Waals surface area contributed by atoms with Crippen LogP contribution in [0.2, 0.25) is 0 Å². The maximum atomic E-state index is 6.24. The Morgan fingerprint density at radius 3 is 2.61 bits per heavy atom. The molecule has 0 amide bonds. The van der Waals surface area contributed by atoms with Crippen LogP contribution >= 0.6 is 0 Å². The van der Waals surface area contributed by atoms with E-state index >= 15 is 0 Å². The molecule has 2 atom stereocenters. The summed E-state index contributed by atoms with van der Waals surface area (Å²) in [6.07, 6.45) is 6.56. The van der Waals surface area contributed by atoms with Gasteiger partial charge in [0.15, 0.2) is 0 Å². The van der Waals surface area contributed by atoms with E-state index in [4.69, 9.17) is 10.5 Å². The summed E-state index contributed by atoms with van der Waals surface area (Å²) in [6.45, 7) is 8.92. The molecule has 106 valence electrons. The van der Waals surface area contributed by atoms with Gasteiger partial charge in [0, 0.05) is 25.7 Å². The number of likely N-dealkylation sites (tertiary alicyclic amines) is 1. The molecule has 3 nitrogen and oxygen atoms in total. The molecule has 1 saturated carbocycles. The topological polar surface area (TPSA) is 38.5 Å². The normalized spacial score (nSPS) is 37.0. The number of methoxy groups -OCH3 is 1. The zero-order valence-electron chi connectivity index (χ0n) is 12.4. The van der Waals surface area contributed by atoms with Crippen LogP contribution in [0, 0.1) is 11.3 Å². The van der Waals surface area contributed by atoms with Crippen LogP contribution in [-0.4, -0.2) is 43.8 Å². The summed E-state index contributed by atoms with van der Waals surface area (Å²) in [5.74, 6) is 0.705. The molecule has 0 spiro atoms. The molecule has 1 saturated heterocycles. The summed E-state index contributed by atoms with van der Waals surface area (Å²) in [4.78, 5) is 2.69. The third kappa shape index (κ3) is 2.33. The number of ether oxygens (including phenoxy) is 1. The zero-order valence-corrected chi connectivity index (χ0v) is 12.4. The second kappa shape index (κ2) is 5.48. The van der Waals surface area contributed by atoms with Crippen molar-refractivity contribution in [3.05, 3.63) is 0 Å². The fourth-order valence-electron chi connectivity index (χ4n) is 4.24. The number of nitrogens with zero attached hydrogens (tertiary/aromatic N) is 1. The molecule has 0 aromatic rings. The van der Waals surface area contributed by atoms with Crippen LogP contribution < -0.4 is 5.73 Å². The molecule has 1 heterocycles. The smallest absolute Gasteiger partial charge is 0.0503 e. The van der Waals surface area contributed by atoms with E-state index in [-0.39, 0.29) is 5.54 Å². The lowest BCUT2D eigenvalue weighted by Crippen LogP contribution is -2.63. The molecule has 2 aliphatic rings. The molecule has 0 aromatic carbocycles. The minimum Gasteiger partial charge on any atom is -0.384 e. The van der Waals surface area contributed by atoms with E-state index in [9.17, 15) is 0 Å². The third-order valence-corrected chi connectivity index (χ3v) is 5.53. The standard InChI is InChI=1S/C15H30N2O/c1-14(2)7-4-5-8-15(14,12-16)17-9-6-13(10-17)11-18-3/h13H,4-12,16H2,1-3H3. The summed E-state index contributed by atoms with van der Waals surface area (Å²) in [5, 5.41) is 0. The molecule has 3 heteroatoms. The van der Waals surface area contributed by atoms with E-state index in [1.54, 1.807) is 0 Å². The van der Waals surface area contributed by atoms with Crippen molar-refractivity contribution in [2.75, 3.05) is 33.4 Å². The lowest BCUT2D eigenvalue weighted by atomic mass is 9.62. The second-order valence-electron chi connectivity index (χ2n) is 6.88. The molecule has 0 aromatic heterocycles. The Kier molecular flexibility index (Phi) is 4.35. The van der Waals surface area contributed by atoms with Gasteiger partial charge in [0.25, 0.3) is 0 Å². The monoisotopic (exact) mass is 254 g/mol. The molecular formula is C15H30N2O. The first kappa shape index (κ1) is 14.3. The number of nitrogens with two attached hydrogens (primary N) is 1. The van der Waals surface area contributed by atoms with Crippen molar-refractivity contribution in [3.63, 3.8) is 0 Å². The van der Waals surface area contributed by atoms with E-state index < -0.39 is 0 Å². The average Bonchev–Trinajstić information content (AvgIpc) is 2.78. The van der Waals surface area contributed by atoms with Gasteiger partial charge in [0.05, 0.1) is 6.61 Å². The summed E-state index contributed by atoms with van der Waals surface area (Å²) >= 11 is 0. The fraction of sp³-hybridized carbons (Fsp3) is 1.00. The van der Waals surface area contributed by atoms with Gasteiger partial charge in [-0.2, -0.15) is 0 Å². The number of hydrogen-bond donors (Lipinski definition) is 1. The van der Waals surface area contributed by atoms with Gasteiger partial charge in [-0.15, -0.1) is 0 Å². The summed E-state index contributed by atoms with van der Waals surface area (Å²) in [5.41, 5.74) is 6.82. The van der Waals surface area contributed by atoms with Crippen LogP contribution in [0.1, 0.15) is 46.0 Å². The van der Waals surface area contributed by atoms with Gasteiger partial charge in [0.2, 0.25) is 0 Å². The first-order valence-corrected chi connectivity index (χ1v) is 7.50. The summed E-state index contributed by atoms with van der Waals surface area (Å²) < 4.78 is 5.32. The summed E-state index contributed by atoms with van der Waals surface area (Å²) in [7, 11) is 1.81. The predicted octanol–water partition coefficient (Wildman–Crippen LogP) is 2.25. The zero-order chi connectivity index (χ0) is 13.2. The average molecular weight is 254 g/mol. The van der Waals surface area contributed by atoms with Crippen molar-refractivity contribution < 1.29 is 4.74 Å². The molecule has 1 aliphatic heterocycles. The lowest BCUT2D eigenvalue weighted by molar-refractivity contribution is -0.0340. The highest BCUT2D eigenvalue weighted by Gasteiger charge is 2.50. The van der Waals surface area contributed by atoms with Crippen LogP contribution in [0.4, 0.5) is 0 Å². The Bertz CT molecular complexity index is 280. The molecule has 2 rings (SSSR count). The Hall–Kier alpha value is -0.120. The van der Waals surface area contributed by atoms with Crippen LogP contribution in [-0.2, 0) is 4.74 Å². The molecule has 0 radical (unpaired) electrons. The number of rotatable bonds is 4. The largest absolute Gasteiger partial charge is 0.384 e. The quantitative estimate of drug-likeness (QED) is 0.836. The van der Waals surface area contributed by atoms with Crippen molar-refractivity contribution in [1.82, 2.24) is 4.90 Å². The highest BCUT2D eigenvalue weighted by Crippen LogP contribution is 2.48. The van der Waals surface area contributed by atoms with Crippen LogP contribution in [0.5, 0.6) is 0 Å². The van der Waals surface area contributed by atoms with E-state index in [1.807, 2.05) is 7.11 Å². The van der Waals surface area contributed by atoms with Gasteiger partial charge in [-0.3, -0.25) is 4.90 Å². The number of hydrogen-bond acceptors (Lipinski definition) is 3. The van der Waals surface area contributed by atoms with Crippen molar-refractivity contribution >= 4 is 0 Å². The maximum Gasteiger partial charge on any atom is 0.0503 e. The Balaban J connectivity index is 2.12. The SMILES string of the molecule is COCC1CCN(C2(CN)CCCCC2(C)C)C1. The highest BCUT2D eigenvalue weighted by atomic mass is 16.5. The first-order chi connectivity index (χ1) is 8.55. The lowest BCUT2D eigenvalue weighted by Gasteiger charge is -2.55. The van der Waals surface area contributed by atoms with Crippen molar-refractivity contribution in [3.8, 4) is 0 Å². The van der Waals surface area contributed by atoms with Gasteiger partial charge in [-0.1, -0.05) is 26.7 Å². The minimum absolute atomic E-state index is 0.230. The fourth-order valence-corrected chi connectivity index (χ4v) is 4.24. The molecule has 2 N–H and O–H groups in total. The Morgan fingerprint density at radius 2 is 2.00 bits per heavy atom. The molecule has 2 unspecified atom stereocenters. The minimum atomic E-state index is 0.230. The van der Waals surface area contributed by atoms with Gasteiger partial charge in [0.1, 0.15) is 0 Å². The third-order valence-electron chi connectivity index (χ3n) is 5.53.